The predicted molar refractivity (Wildman–Crippen MR) is 60.2 cm³/mol. The van der Waals surface area contributed by atoms with Crippen molar-refractivity contribution in [1.29, 1.82) is 0 Å². The van der Waals surface area contributed by atoms with Crippen molar-refractivity contribution in [3.05, 3.63) is 23.7 Å². The molecule has 0 fully saturated rings. The molecule has 5 heteroatoms. The molecule has 0 aliphatic heterocycles. The number of rotatable bonds is 3. The van der Waals surface area contributed by atoms with E-state index in [2.05, 4.69) is 10.2 Å². The molecule has 2 aromatic heterocycles. The third kappa shape index (κ3) is 1.64. The summed E-state index contributed by atoms with van der Waals surface area (Å²) in [5.74, 6) is 0. The highest BCUT2D eigenvalue weighted by Gasteiger charge is 2.14. The molecule has 84 valence electrons. The van der Waals surface area contributed by atoms with Gasteiger partial charge in [-0.25, -0.2) is 0 Å². The van der Waals surface area contributed by atoms with Crippen molar-refractivity contribution in [2.45, 2.75) is 20.4 Å². The Bertz CT molecular complexity index is 524. The number of aldehydes is 1. The lowest BCUT2D eigenvalue weighted by molar-refractivity contribution is 0.112. The normalized spacial score (nSPS) is 10.7. The zero-order valence-electron chi connectivity index (χ0n) is 9.64. The topological polar surface area (TPSA) is 52.7 Å². The van der Waals surface area contributed by atoms with Crippen LogP contribution in [0, 0.1) is 6.92 Å². The SMILES string of the molecule is CCn1cc(C=O)c(-c2cn(C)nc2C)n1. The highest BCUT2D eigenvalue weighted by molar-refractivity contribution is 5.85. The van der Waals surface area contributed by atoms with E-state index in [0.29, 0.717) is 11.3 Å². The van der Waals surface area contributed by atoms with Crippen LogP contribution in [0.2, 0.25) is 0 Å². The lowest BCUT2D eigenvalue weighted by Crippen LogP contribution is -1.93. The maximum absolute atomic E-state index is 11.0. The van der Waals surface area contributed by atoms with Crippen LogP contribution >= 0.6 is 0 Å². The molecule has 0 N–H and O–H groups in total. The van der Waals surface area contributed by atoms with Crippen LogP contribution in [0.3, 0.4) is 0 Å². The molecule has 0 amide bonds. The van der Waals surface area contributed by atoms with Gasteiger partial charge in [0.25, 0.3) is 0 Å². The molecular formula is C11H14N4O. The summed E-state index contributed by atoms with van der Waals surface area (Å²) >= 11 is 0. The monoisotopic (exact) mass is 218 g/mol. The van der Waals surface area contributed by atoms with Gasteiger partial charge in [-0.3, -0.25) is 14.2 Å². The van der Waals surface area contributed by atoms with Gasteiger partial charge in [0.05, 0.1) is 11.3 Å². The van der Waals surface area contributed by atoms with Crippen LogP contribution in [0.4, 0.5) is 0 Å². The van der Waals surface area contributed by atoms with Crippen molar-refractivity contribution in [1.82, 2.24) is 19.6 Å². The molecule has 2 aromatic rings. The second-order valence-corrected chi connectivity index (χ2v) is 3.71. The van der Waals surface area contributed by atoms with Crippen molar-refractivity contribution >= 4 is 6.29 Å². The molecule has 16 heavy (non-hydrogen) atoms. The minimum Gasteiger partial charge on any atom is -0.298 e. The first-order chi connectivity index (χ1) is 7.65. The van der Waals surface area contributed by atoms with Crippen LogP contribution in [0.15, 0.2) is 12.4 Å². The average Bonchev–Trinajstić information content (AvgIpc) is 2.81. The van der Waals surface area contributed by atoms with Crippen LogP contribution in [0.5, 0.6) is 0 Å². The van der Waals surface area contributed by atoms with Gasteiger partial charge in [-0.1, -0.05) is 0 Å². The summed E-state index contributed by atoms with van der Waals surface area (Å²) in [6, 6.07) is 0. The third-order valence-corrected chi connectivity index (χ3v) is 2.51. The number of carbonyl (C=O) groups is 1. The Labute approximate surface area is 93.7 Å². The van der Waals surface area contributed by atoms with Gasteiger partial charge in [-0.05, 0) is 13.8 Å². The lowest BCUT2D eigenvalue weighted by atomic mass is 10.1. The zero-order valence-corrected chi connectivity index (χ0v) is 9.64. The first kappa shape index (κ1) is 10.6. The fraction of sp³-hybridized carbons (Fsp3) is 0.364. The van der Waals surface area contributed by atoms with E-state index in [1.807, 2.05) is 27.1 Å². The molecule has 0 radical (unpaired) electrons. The minimum absolute atomic E-state index is 0.609. The molecule has 0 aliphatic rings. The van der Waals surface area contributed by atoms with E-state index in [4.69, 9.17) is 0 Å². The van der Waals surface area contributed by atoms with Crippen molar-refractivity contribution in [3.63, 3.8) is 0 Å². The molecular weight excluding hydrogens is 204 g/mol. The van der Waals surface area contributed by atoms with Gasteiger partial charge in [0.2, 0.25) is 0 Å². The largest absolute Gasteiger partial charge is 0.298 e. The van der Waals surface area contributed by atoms with Crippen LogP contribution in [-0.2, 0) is 13.6 Å². The Morgan fingerprint density at radius 2 is 2.12 bits per heavy atom. The number of hydrogen-bond donors (Lipinski definition) is 0. The van der Waals surface area contributed by atoms with Crippen LogP contribution in [0.25, 0.3) is 11.3 Å². The summed E-state index contributed by atoms with van der Waals surface area (Å²) in [5, 5.41) is 8.63. The average molecular weight is 218 g/mol. The first-order valence-electron chi connectivity index (χ1n) is 5.19. The Balaban J connectivity index is 2.58. The second kappa shape index (κ2) is 3.92. The van der Waals surface area contributed by atoms with Crippen molar-refractivity contribution < 1.29 is 4.79 Å². The van der Waals surface area contributed by atoms with Crippen LogP contribution < -0.4 is 0 Å². The first-order valence-corrected chi connectivity index (χ1v) is 5.19. The van der Waals surface area contributed by atoms with E-state index < -0.39 is 0 Å². The van der Waals surface area contributed by atoms with E-state index >= 15 is 0 Å². The number of carbonyl (C=O) groups excluding carboxylic acids is 1. The molecule has 0 saturated carbocycles. The quantitative estimate of drug-likeness (QED) is 0.732. The smallest absolute Gasteiger partial charge is 0.153 e. The second-order valence-electron chi connectivity index (χ2n) is 3.71. The van der Waals surface area contributed by atoms with E-state index in [9.17, 15) is 4.79 Å². The minimum atomic E-state index is 0.609. The molecule has 2 rings (SSSR count). The van der Waals surface area contributed by atoms with Gasteiger partial charge < -0.3 is 0 Å². The van der Waals surface area contributed by atoms with Crippen LogP contribution in [0.1, 0.15) is 23.0 Å². The summed E-state index contributed by atoms with van der Waals surface area (Å²) in [4.78, 5) is 11.0. The molecule has 0 bridgehead atoms. The van der Waals surface area contributed by atoms with Crippen molar-refractivity contribution in [2.75, 3.05) is 0 Å². The number of nitrogens with zero attached hydrogens (tertiary/aromatic N) is 4. The molecule has 0 spiro atoms. The highest BCUT2D eigenvalue weighted by atomic mass is 16.1. The Morgan fingerprint density at radius 1 is 1.38 bits per heavy atom. The molecule has 5 nitrogen and oxygen atoms in total. The Hall–Kier alpha value is -1.91. The summed E-state index contributed by atoms with van der Waals surface area (Å²) < 4.78 is 3.48. The summed E-state index contributed by atoms with van der Waals surface area (Å²) in [7, 11) is 1.86. The van der Waals surface area contributed by atoms with E-state index in [0.717, 1.165) is 24.1 Å². The fourth-order valence-corrected chi connectivity index (χ4v) is 1.73. The van der Waals surface area contributed by atoms with Gasteiger partial charge in [-0.2, -0.15) is 10.2 Å². The van der Waals surface area contributed by atoms with E-state index in [1.165, 1.54) is 0 Å². The molecule has 0 atom stereocenters. The molecule has 0 unspecified atom stereocenters. The fourth-order valence-electron chi connectivity index (χ4n) is 1.73. The molecule has 0 aliphatic carbocycles. The lowest BCUT2D eigenvalue weighted by Gasteiger charge is -1.94. The summed E-state index contributed by atoms with van der Waals surface area (Å²) in [6.45, 7) is 4.65. The van der Waals surface area contributed by atoms with Gasteiger partial charge in [0, 0.05) is 31.5 Å². The molecule has 0 aromatic carbocycles. The molecule has 2 heterocycles. The van der Waals surface area contributed by atoms with Crippen molar-refractivity contribution in [2.24, 2.45) is 7.05 Å². The predicted octanol–water partition coefficient (Wildman–Crippen LogP) is 1.42. The standard InChI is InChI=1S/C11H14N4O/c1-4-15-5-9(7-16)11(13-15)10-6-14(3)12-8(10)2/h5-7H,4H2,1-3H3. The summed E-state index contributed by atoms with van der Waals surface area (Å²) in [6.07, 6.45) is 4.47. The molecule has 0 saturated heterocycles. The third-order valence-electron chi connectivity index (χ3n) is 2.51. The van der Waals surface area contributed by atoms with Crippen molar-refractivity contribution in [3.8, 4) is 11.3 Å². The maximum Gasteiger partial charge on any atom is 0.153 e. The number of aromatic nitrogens is 4. The van der Waals surface area contributed by atoms with E-state index in [1.54, 1.807) is 15.6 Å². The zero-order chi connectivity index (χ0) is 11.7. The maximum atomic E-state index is 11.0. The Kier molecular flexibility index (Phi) is 2.60. The number of aryl methyl sites for hydroxylation is 3. The van der Waals surface area contributed by atoms with Gasteiger partial charge in [0.15, 0.2) is 6.29 Å². The summed E-state index contributed by atoms with van der Waals surface area (Å²) in [5.41, 5.74) is 3.11. The van der Waals surface area contributed by atoms with Crippen LogP contribution in [-0.4, -0.2) is 25.8 Å². The van der Waals surface area contributed by atoms with Gasteiger partial charge in [-0.15, -0.1) is 0 Å². The number of hydrogen-bond acceptors (Lipinski definition) is 3. The highest BCUT2D eigenvalue weighted by Crippen LogP contribution is 2.23. The Morgan fingerprint density at radius 3 is 2.62 bits per heavy atom. The van der Waals surface area contributed by atoms with E-state index in [-0.39, 0.29) is 0 Å². The van der Waals surface area contributed by atoms with Gasteiger partial charge in [0.1, 0.15) is 5.69 Å². The van der Waals surface area contributed by atoms with Gasteiger partial charge >= 0.3 is 0 Å².